The summed E-state index contributed by atoms with van der Waals surface area (Å²) in [6.07, 6.45) is 0.847. The fourth-order valence-corrected chi connectivity index (χ4v) is 1.35. The van der Waals surface area contributed by atoms with Crippen molar-refractivity contribution in [3.05, 3.63) is 29.0 Å². The molecule has 0 atom stereocenters. The smallest absolute Gasteiger partial charge is 0.146 e. The summed E-state index contributed by atoms with van der Waals surface area (Å²) in [6.45, 7) is 4.03. The summed E-state index contributed by atoms with van der Waals surface area (Å²) >= 11 is 5.75. The lowest BCUT2D eigenvalue weighted by Gasteiger charge is -2.07. The molecule has 0 fully saturated rings. The van der Waals surface area contributed by atoms with E-state index < -0.39 is 0 Å². The topological polar surface area (TPSA) is 21.3 Å². The van der Waals surface area contributed by atoms with E-state index in [2.05, 4.69) is 5.32 Å². The minimum atomic E-state index is -0.282. The molecule has 1 aromatic carbocycles. The number of nitrogens with one attached hydrogen (secondary N) is 1. The van der Waals surface area contributed by atoms with Gasteiger partial charge in [0.25, 0.3) is 0 Å². The third-order valence-electron chi connectivity index (χ3n) is 1.91. The maximum atomic E-state index is 13.2. The average Bonchev–Trinajstić information content (AvgIpc) is 2.23. The van der Waals surface area contributed by atoms with Gasteiger partial charge in [0, 0.05) is 24.8 Å². The lowest BCUT2D eigenvalue weighted by atomic mass is 10.3. The molecule has 0 aliphatic rings. The second kappa shape index (κ2) is 6.64. The quantitative estimate of drug-likeness (QED) is 0.759. The van der Waals surface area contributed by atoms with Crippen LogP contribution in [0.4, 0.5) is 10.1 Å². The van der Waals surface area contributed by atoms with Gasteiger partial charge < -0.3 is 10.1 Å². The SMILES string of the molecule is CCOCCCNc1cc(Cl)ccc1F. The molecule has 0 saturated heterocycles. The highest BCUT2D eigenvalue weighted by molar-refractivity contribution is 6.30. The van der Waals surface area contributed by atoms with Crippen molar-refractivity contribution in [2.75, 3.05) is 25.1 Å². The monoisotopic (exact) mass is 231 g/mol. The molecule has 0 radical (unpaired) electrons. The number of hydrogen-bond acceptors (Lipinski definition) is 2. The predicted molar refractivity (Wildman–Crippen MR) is 61.0 cm³/mol. The summed E-state index contributed by atoms with van der Waals surface area (Å²) < 4.78 is 18.4. The van der Waals surface area contributed by atoms with Gasteiger partial charge in [-0.15, -0.1) is 0 Å². The first-order chi connectivity index (χ1) is 7.24. The minimum Gasteiger partial charge on any atom is -0.383 e. The average molecular weight is 232 g/mol. The maximum absolute atomic E-state index is 13.2. The van der Waals surface area contributed by atoms with Crippen LogP contribution in [0.15, 0.2) is 18.2 Å². The first kappa shape index (κ1) is 12.3. The van der Waals surface area contributed by atoms with Crippen LogP contribution in [0.1, 0.15) is 13.3 Å². The molecule has 0 bridgehead atoms. The summed E-state index contributed by atoms with van der Waals surface area (Å²) in [5, 5.41) is 3.50. The number of hydrogen-bond donors (Lipinski definition) is 1. The largest absolute Gasteiger partial charge is 0.383 e. The summed E-state index contributed by atoms with van der Waals surface area (Å²) in [6, 6.07) is 4.47. The summed E-state index contributed by atoms with van der Waals surface area (Å²) in [5.41, 5.74) is 0.444. The molecule has 4 heteroatoms. The second-order valence-corrected chi connectivity index (χ2v) is 3.54. The molecular weight excluding hydrogens is 217 g/mol. The summed E-state index contributed by atoms with van der Waals surface area (Å²) in [7, 11) is 0. The normalized spacial score (nSPS) is 10.3. The van der Waals surface area contributed by atoms with Crippen molar-refractivity contribution in [2.45, 2.75) is 13.3 Å². The van der Waals surface area contributed by atoms with Crippen molar-refractivity contribution in [2.24, 2.45) is 0 Å². The van der Waals surface area contributed by atoms with Gasteiger partial charge in [-0.05, 0) is 31.5 Å². The summed E-state index contributed by atoms with van der Waals surface area (Å²) in [5.74, 6) is -0.282. The van der Waals surface area contributed by atoms with Crippen LogP contribution in [-0.2, 0) is 4.74 Å². The number of rotatable bonds is 6. The molecule has 0 unspecified atom stereocenters. The van der Waals surface area contributed by atoms with Gasteiger partial charge in [-0.2, -0.15) is 0 Å². The van der Waals surface area contributed by atoms with E-state index in [9.17, 15) is 4.39 Å². The van der Waals surface area contributed by atoms with Gasteiger partial charge in [-0.3, -0.25) is 0 Å². The molecular formula is C11H15ClFNO. The zero-order valence-electron chi connectivity index (χ0n) is 8.72. The van der Waals surface area contributed by atoms with Crippen LogP contribution in [0, 0.1) is 5.82 Å². The van der Waals surface area contributed by atoms with Crippen LogP contribution in [0.3, 0.4) is 0 Å². The lowest BCUT2D eigenvalue weighted by Crippen LogP contribution is -2.06. The molecule has 1 N–H and O–H groups in total. The van der Waals surface area contributed by atoms with Crippen molar-refractivity contribution in [3.8, 4) is 0 Å². The van der Waals surface area contributed by atoms with Gasteiger partial charge in [-0.25, -0.2) is 4.39 Å². The van der Waals surface area contributed by atoms with E-state index in [4.69, 9.17) is 16.3 Å². The van der Waals surface area contributed by atoms with Crippen LogP contribution < -0.4 is 5.32 Å². The molecule has 0 amide bonds. The van der Waals surface area contributed by atoms with Gasteiger partial charge in [0.05, 0.1) is 5.69 Å². The van der Waals surface area contributed by atoms with E-state index in [1.165, 1.54) is 12.1 Å². The summed E-state index contributed by atoms with van der Waals surface area (Å²) in [4.78, 5) is 0. The van der Waals surface area contributed by atoms with Crippen molar-refractivity contribution in [3.63, 3.8) is 0 Å². The lowest BCUT2D eigenvalue weighted by molar-refractivity contribution is 0.147. The zero-order valence-corrected chi connectivity index (χ0v) is 9.48. The van der Waals surface area contributed by atoms with Crippen molar-refractivity contribution in [1.29, 1.82) is 0 Å². The third kappa shape index (κ3) is 4.49. The Balaban J connectivity index is 2.33. The molecule has 0 aliphatic heterocycles. The van der Waals surface area contributed by atoms with Crippen molar-refractivity contribution in [1.82, 2.24) is 0 Å². The molecule has 84 valence electrons. The van der Waals surface area contributed by atoms with E-state index in [-0.39, 0.29) is 5.82 Å². The first-order valence-electron chi connectivity index (χ1n) is 5.00. The van der Waals surface area contributed by atoms with Crippen LogP contribution in [0.5, 0.6) is 0 Å². The van der Waals surface area contributed by atoms with E-state index in [0.717, 1.165) is 6.42 Å². The first-order valence-corrected chi connectivity index (χ1v) is 5.38. The highest BCUT2D eigenvalue weighted by atomic mass is 35.5. The van der Waals surface area contributed by atoms with E-state index in [1.807, 2.05) is 6.92 Å². The Morgan fingerprint density at radius 3 is 3.00 bits per heavy atom. The van der Waals surface area contributed by atoms with Crippen LogP contribution in [0.2, 0.25) is 5.02 Å². The Hall–Kier alpha value is -0.800. The Morgan fingerprint density at radius 2 is 2.27 bits per heavy atom. The van der Waals surface area contributed by atoms with Crippen molar-refractivity contribution < 1.29 is 9.13 Å². The van der Waals surface area contributed by atoms with Crippen molar-refractivity contribution >= 4 is 17.3 Å². The molecule has 1 aromatic rings. The van der Waals surface area contributed by atoms with Gasteiger partial charge >= 0.3 is 0 Å². The van der Waals surface area contributed by atoms with Gasteiger partial charge in [0.2, 0.25) is 0 Å². The number of halogens is 2. The highest BCUT2D eigenvalue weighted by Gasteiger charge is 2.01. The molecule has 15 heavy (non-hydrogen) atoms. The molecule has 0 saturated carbocycles. The highest BCUT2D eigenvalue weighted by Crippen LogP contribution is 2.19. The number of benzene rings is 1. The zero-order chi connectivity index (χ0) is 11.1. The van der Waals surface area contributed by atoms with Gasteiger partial charge in [0.1, 0.15) is 5.82 Å². The molecule has 1 rings (SSSR count). The van der Waals surface area contributed by atoms with E-state index in [0.29, 0.717) is 30.5 Å². The predicted octanol–water partition coefficient (Wildman–Crippen LogP) is 3.32. The Morgan fingerprint density at radius 1 is 1.47 bits per heavy atom. The van der Waals surface area contributed by atoms with E-state index >= 15 is 0 Å². The Kier molecular flexibility index (Phi) is 5.43. The molecule has 2 nitrogen and oxygen atoms in total. The van der Waals surface area contributed by atoms with Gasteiger partial charge in [-0.1, -0.05) is 11.6 Å². The molecule has 0 heterocycles. The standard InChI is InChI=1S/C11H15ClFNO/c1-2-15-7-3-6-14-11-8-9(12)4-5-10(11)13/h4-5,8,14H,2-3,6-7H2,1H3. The number of ether oxygens (including phenoxy) is 1. The Labute approximate surface area is 94.4 Å². The maximum Gasteiger partial charge on any atom is 0.146 e. The van der Waals surface area contributed by atoms with Crippen LogP contribution in [0.25, 0.3) is 0 Å². The fraction of sp³-hybridized carbons (Fsp3) is 0.455. The molecule has 0 aromatic heterocycles. The number of anilines is 1. The molecule has 0 aliphatic carbocycles. The van der Waals surface area contributed by atoms with Gasteiger partial charge in [0.15, 0.2) is 0 Å². The van der Waals surface area contributed by atoms with Crippen LogP contribution >= 0.6 is 11.6 Å². The Bertz CT molecular complexity index is 307. The second-order valence-electron chi connectivity index (χ2n) is 3.10. The fourth-order valence-electron chi connectivity index (χ4n) is 1.17. The third-order valence-corrected chi connectivity index (χ3v) is 2.15. The molecule has 0 spiro atoms. The van der Waals surface area contributed by atoms with Crippen LogP contribution in [-0.4, -0.2) is 19.8 Å². The minimum absolute atomic E-state index is 0.282. The van der Waals surface area contributed by atoms with E-state index in [1.54, 1.807) is 6.07 Å².